The number of phenols is 1. The summed E-state index contributed by atoms with van der Waals surface area (Å²) in [7, 11) is 0. The molecule has 0 unspecified atom stereocenters. The Hall–Kier alpha value is -1.80. The lowest BCUT2D eigenvalue weighted by atomic mass is 10.0. The van der Waals surface area contributed by atoms with E-state index in [-0.39, 0.29) is 0 Å². The van der Waals surface area contributed by atoms with Gasteiger partial charge in [0.1, 0.15) is 5.75 Å². The summed E-state index contributed by atoms with van der Waals surface area (Å²) in [6.45, 7) is 7.82. The molecule has 0 amide bonds. The zero-order chi connectivity index (χ0) is 14.5. The second kappa shape index (κ2) is 6.58. The van der Waals surface area contributed by atoms with Gasteiger partial charge in [0, 0.05) is 18.7 Å². The van der Waals surface area contributed by atoms with Gasteiger partial charge in [-0.2, -0.15) is 0 Å². The summed E-state index contributed by atoms with van der Waals surface area (Å²) in [6.07, 6.45) is 0. The van der Waals surface area contributed by atoms with Crippen molar-refractivity contribution >= 4 is 0 Å². The second-order valence-electron chi connectivity index (χ2n) is 5.58. The van der Waals surface area contributed by atoms with Crippen molar-refractivity contribution in [1.29, 1.82) is 0 Å². The third kappa shape index (κ3) is 3.61. The third-order valence-corrected chi connectivity index (χ3v) is 3.61. The summed E-state index contributed by atoms with van der Waals surface area (Å²) < 4.78 is 0. The highest BCUT2D eigenvalue weighted by molar-refractivity contribution is 5.39. The zero-order valence-corrected chi connectivity index (χ0v) is 12.5. The molecular weight excluding hydrogens is 246 g/mol. The largest absolute Gasteiger partial charge is 0.507 e. The number of phenolic OH excluding ortho intramolecular Hbond substituents is 1. The third-order valence-electron chi connectivity index (χ3n) is 3.61. The number of nitrogens with one attached hydrogen (secondary N) is 1. The molecule has 2 aromatic carbocycles. The van der Waals surface area contributed by atoms with Crippen molar-refractivity contribution in [2.24, 2.45) is 0 Å². The molecule has 2 aromatic rings. The van der Waals surface area contributed by atoms with Gasteiger partial charge in [0.25, 0.3) is 0 Å². The molecular formula is C18H23NO. The van der Waals surface area contributed by atoms with Crippen LogP contribution in [0.5, 0.6) is 5.75 Å². The minimum Gasteiger partial charge on any atom is -0.507 e. The normalized spacial score (nSPS) is 11.0. The lowest BCUT2D eigenvalue weighted by Gasteiger charge is -2.10. The molecule has 20 heavy (non-hydrogen) atoms. The van der Waals surface area contributed by atoms with E-state index < -0.39 is 0 Å². The standard InChI is InChI=1S/C18H23NO/c1-13(2)16-9-7-15(8-10-16)11-19-12-17-6-4-5-14(3)18(17)20/h4-10,13,19-20H,11-12H2,1-3H3. The van der Waals surface area contributed by atoms with Crippen LogP contribution >= 0.6 is 0 Å². The fourth-order valence-corrected chi connectivity index (χ4v) is 2.22. The summed E-state index contributed by atoms with van der Waals surface area (Å²) in [6, 6.07) is 14.6. The highest BCUT2D eigenvalue weighted by Gasteiger charge is 2.03. The van der Waals surface area contributed by atoms with Crippen LogP contribution in [0, 0.1) is 6.92 Å². The maximum Gasteiger partial charge on any atom is 0.122 e. The minimum atomic E-state index is 0.398. The smallest absolute Gasteiger partial charge is 0.122 e. The summed E-state index contributed by atoms with van der Waals surface area (Å²) >= 11 is 0. The molecule has 0 atom stereocenters. The van der Waals surface area contributed by atoms with Crippen LogP contribution < -0.4 is 5.32 Å². The monoisotopic (exact) mass is 269 g/mol. The Balaban J connectivity index is 1.91. The van der Waals surface area contributed by atoms with Gasteiger partial charge >= 0.3 is 0 Å². The minimum absolute atomic E-state index is 0.398. The second-order valence-corrected chi connectivity index (χ2v) is 5.58. The van der Waals surface area contributed by atoms with Gasteiger partial charge in [0.15, 0.2) is 0 Å². The number of hydrogen-bond acceptors (Lipinski definition) is 2. The van der Waals surface area contributed by atoms with E-state index in [2.05, 4.69) is 43.4 Å². The first-order valence-corrected chi connectivity index (χ1v) is 7.15. The van der Waals surface area contributed by atoms with Gasteiger partial charge in [-0.1, -0.05) is 56.3 Å². The van der Waals surface area contributed by atoms with E-state index in [1.165, 1.54) is 11.1 Å². The van der Waals surface area contributed by atoms with Crippen molar-refractivity contribution in [1.82, 2.24) is 5.32 Å². The highest BCUT2D eigenvalue weighted by atomic mass is 16.3. The molecule has 0 saturated carbocycles. The number of rotatable bonds is 5. The number of aryl methyl sites for hydroxylation is 1. The van der Waals surface area contributed by atoms with E-state index >= 15 is 0 Å². The van der Waals surface area contributed by atoms with Crippen molar-refractivity contribution in [3.05, 3.63) is 64.7 Å². The van der Waals surface area contributed by atoms with Gasteiger partial charge in [0.2, 0.25) is 0 Å². The summed E-state index contributed by atoms with van der Waals surface area (Å²) in [5.74, 6) is 0.969. The van der Waals surface area contributed by atoms with Crippen molar-refractivity contribution in [2.45, 2.75) is 39.8 Å². The maximum atomic E-state index is 9.95. The molecule has 0 heterocycles. The first-order chi connectivity index (χ1) is 9.58. The zero-order valence-electron chi connectivity index (χ0n) is 12.5. The first-order valence-electron chi connectivity index (χ1n) is 7.15. The van der Waals surface area contributed by atoms with Crippen molar-refractivity contribution in [2.75, 3.05) is 0 Å². The van der Waals surface area contributed by atoms with E-state index in [0.29, 0.717) is 18.2 Å². The Morgan fingerprint density at radius 3 is 2.35 bits per heavy atom. The molecule has 0 aliphatic carbocycles. The van der Waals surface area contributed by atoms with Crippen LogP contribution in [-0.2, 0) is 13.1 Å². The Morgan fingerprint density at radius 2 is 1.70 bits per heavy atom. The average molecular weight is 269 g/mol. The lowest BCUT2D eigenvalue weighted by Crippen LogP contribution is -2.13. The number of hydrogen-bond donors (Lipinski definition) is 2. The van der Waals surface area contributed by atoms with Crippen LogP contribution in [0.15, 0.2) is 42.5 Å². The van der Waals surface area contributed by atoms with Crippen molar-refractivity contribution in [3.8, 4) is 5.75 Å². The van der Waals surface area contributed by atoms with Gasteiger partial charge in [-0.25, -0.2) is 0 Å². The molecule has 0 aliphatic rings. The van der Waals surface area contributed by atoms with Crippen LogP contribution in [-0.4, -0.2) is 5.11 Å². The Bertz CT molecular complexity index is 558. The molecule has 0 spiro atoms. The van der Waals surface area contributed by atoms with E-state index in [9.17, 15) is 5.11 Å². The highest BCUT2D eigenvalue weighted by Crippen LogP contribution is 2.21. The quantitative estimate of drug-likeness (QED) is 0.856. The van der Waals surface area contributed by atoms with Crippen LogP contribution in [0.25, 0.3) is 0 Å². The van der Waals surface area contributed by atoms with Gasteiger partial charge in [0.05, 0.1) is 0 Å². The van der Waals surface area contributed by atoms with E-state index in [1.807, 2.05) is 25.1 Å². The SMILES string of the molecule is Cc1cccc(CNCc2ccc(C(C)C)cc2)c1O. The molecule has 0 saturated heterocycles. The topological polar surface area (TPSA) is 32.3 Å². The van der Waals surface area contributed by atoms with Crippen molar-refractivity contribution < 1.29 is 5.11 Å². The predicted molar refractivity (Wildman–Crippen MR) is 83.9 cm³/mol. The van der Waals surface area contributed by atoms with Gasteiger partial charge < -0.3 is 10.4 Å². The van der Waals surface area contributed by atoms with Gasteiger partial charge in [-0.15, -0.1) is 0 Å². The Kier molecular flexibility index (Phi) is 4.80. The fourth-order valence-electron chi connectivity index (χ4n) is 2.22. The van der Waals surface area contributed by atoms with Crippen molar-refractivity contribution in [3.63, 3.8) is 0 Å². The van der Waals surface area contributed by atoms with Gasteiger partial charge in [-0.05, 0) is 29.5 Å². The molecule has 106 valence electrons. The number of para-hydroxylation sites is 1. The predicted octanol–water partition coefficient (Wildman–Crippen LogP) is 4.11. The van der Waals surface area contributed by atoms with E-state index in [1.54, 1.807) is 0 Å². The summed E-state index contributed by atoms with van der Waals surface area (Å²) in [5.41, 5.74) is 4.50. The molecule has 0 radical (unpaired) electrons. The molecule has 2 N–H and O–H groups in total. The maximum absolute atomic E-state index is 9.95. The molecule has 0 bridgehead atoms. The van der Waals surface area contributed by atoms with Crippen LogP contribution in [0.4, 0.5) is 0 Å². The van der Waals surface area contributed by atoms with E-state index in [4.69, 9.17) is 0 Å². The molecule has 2 heteroatoms. The summed E-state index contributed by atoms with van der Waals surface area (Å²) in [5, 5.41) is 13.3. The number of benzene rings is 2. The lowest BCUT2D eigenvalue weighted by molar-refractivity contribution is 0.460. The van der Waals surface area contributed by atoms with Crippen LogP contribution in [0.1, 0.15) is 42.0 Å². The Morgan fingerprint density at radius 1 is 1.00 bits per heavy atom. The fraction of sp³-hybridized carbons (Fsp3) is 0.333. The molecule has 0 aliphatic heterocycles. The van der Waals surface area contributed by atoms with Gasteiger partial charge in [-0.3, -0.25) is 0 Å². The molecule has 2 rings (SSSR count). The molecule has 0 fully saturated rings. The Labute approximate surface area is 121 Å². The number of aromatic hydroxyl groups is 1. The molecule has 0 aromatic heterocycles. The first kappa shape index (κ1) is 14.6. The average Bonchev–Trinajstić information content (AvgIpc) is 2.44. The summed E-state index contributed by atoms with van der Waals surface area (Å²) in [4.78, 5) is 0. The van der Waals surface area contributed by atoms with Crippen LogP contribution in [0.2, 0.25) is 0 Å². The van der Waals surface area contributed by atoms with E-state index in [0.717, 1.165) is 17.7 Å². The van der Waals surface area contributed by atoms with Crippen LogP contribution in [0.3, 0.4) is 0 Å². The molecule has 2 nitrogen and oxygen atoms in total.